The normalized spacial score (nSPS) is 17.9. The Kier molecular flexibility index (Phi) is 4.31. The number of aromatic nitrogens is 3. The van der Waals surface area contributed by atoms with E-state index in [1.54, 1.807) is 29.2 Å². The third-order valence-corrected chi connectivity index (χ3v) is 3.94. The van der Waals surface area contributed by atoms with Gasteiger partial charge in [0, 0.05) is 19.0 Å². The Morgan fingerprint density at radius 3 is 3.24 bits per heavy atom. The minimum Gasteiger partial charge on any atom is -0.376 e. The highest BCUT2D eigenvalue weighted by atomic mass is 79.9. The summed E-state index contributed by atoms with van der Waals surface area (Å²) in [4.78, 5) is 16.2. The first kappa shape index (κ1) is 14.2. The van der Waals surface area contributed by atoms with E-state index in [2.05, 4.69) is 31.3 Å². The van der Waals surface area contributed by atoms with E-state index in [9.17, 15) is 4.79 Å². The van der Waals surface area contributed by atoms with E-state index in [4.69, 9.17) is 4.74 Å². The molecule has 1 unspecified atom stereocenters. The standard InChI is InChI=1S/C14H15BrN4O2/c15-13-12(4-1-5-16-13)14(20)18-10-7-17-19(8-10)9-11-3-2-6-21-11/h1,4-5,7-8,11H,2-3,6,9H2,(H,18,20). The second-order valence-corrected chi connectivity index (χ2v) is 5.63. The second kappa shape index (κ2) is 6.36. The van der Waals surface area contributed by atoms with E-state index in [0.29, 0.717) is 22.4 Å². The van der Waals surface area contributed by atoms with Gasteiger partial charge in [-0.05, 0) is 40.9 Å². The Bertz CT molecular complexity index is 637. The average molecular weight is 351 g/mol. The number of amides is 1. The fourth-order valence-corrected chi connectivity index (χ4v) is 2.71. The van der Waals surface area contributed by atoms with Gasteiger partial charge < -0.3 is 10.1 Å². The van der Waals surface area contributed by atoms with E-state index >= 15 is 0 Å². The molecule has 0 aliphatic carbocycles. The molecule has 0 saturated carbocycles. The number of carbonyl (C=O) groups excluding carboxylic acids is 1. The third kappa shape index (κ3) is 3.48. The molecule has 0 aromatic carbocycles. The Balaban J connectivity index is 1.64. The van der Waals surface area contributed by atoms with Crippen LogP contribution in [0.5, 0.6) is 0 Å². The van der Waals surface area contributed by atoms with Crippen molar-refractivity contribution in [3.63, 3.8) is 0 Å². The molecule has 21 heavy (non-hydrogen) atoms. The number of nitrogens with zero attached hydrogens (tertiary/aromatic N) is 3. The summed E-state index contributed by atoms with van der Waals surface area (Å²) < 4.78 is 7.89. The van der Waals surface area contributed by atoms with Crippen LogP contribution in [-0.2, 0) is 11.3 Å². The molecule has 2 aromatic heterocycles. The molecule has 3 heterocycles. The van der Waals surface area contributed by atoms with Gasteiger partial charge in [0.1, 0.15) is 4.60 Å². The van der Waals surface area contributed by atoms with E-state index in [-0.39, 0.29) is 12.0 Å². The highest BCUT2D eigenvalue weighted by molar-refractivity contribution is 9.10. The van der Waals surface area contributed by atoms with Gasteiger partial charge in [0.05, 0.1) is 30.1 Å². The number of hydrogen-bond donors (Lipinski definition) is 1. The van der Waals surface area contributed by atoms with E-state index in [1.807, 2.05) is 6.20 Å². The fraction of sp³-hybridized carbons (Fsp3) is 0.357. The molecule has 110 valence electrons. The van der Waals surface area contributed by atoms with Gasteiger partial charge in [0.25, 0.3) is 5.91 Å². The van der Waals surface area contributed by atoms with Crippen molar-refractivity contribution in [1.82, 2.24) is 14.8 Å². The lowest BCUT2D eigenvalue weighted by molar-refractivity contribution is 0.0940. The SMILES string of the molecule is O=C(Nc1cnn(CC2CCCO2)c1)c1cccnc1Br. The lowest BCUT2D eigenvalue weighted by atomic mass is 10.2. The maximum absolute atomic E-state index is 12.1. The van der Waals surface area contributed by atoms with Crippen molar-refractivity contribution >= 4 is 27.5 Å². The van der Waals surface area contributed by atoms with Crippen LogP contribution in [0.3, 0.4) is 0 Å². The van der Waals surface area contributed by atoms with Gasteiger partial charge in [-0.3, -0.25) is 9.48 Å². The van der Waals surface area contributed by atoms with Gasteiger partial charge in [0.15, 0.2) is 0 Å². The quantitative estimate of drug-likeness (QED) is 0.860. The summed E-state index contributed by atoms with van der Waals surface area (Å²) in [6.45, 7) is 1.54. The van der Waals surface area contributed by atoms with Crippen LogP contribution in [0.1, 0.15) is 23.2 Å². The van der Waals surface area contributed by atoms with Crippen LogP contribution in [-0.4, -0.2) is 33.4 Å². The summed E-state index contributed by atoms with van der Waals surface area (Å²) in [6, 6.07) is 3.43. The van der Waals surface area contributed by atoms with Gasteiger partial charge in [-0.15, -0.1) is 0 Å². The Labute approximate surface area is 130 Å². The molecule has 0 spiro atoms. The molecular formula is C14H15BrN4O2. The molecule has 1 amide bonds. The third-order valence-electron chi connectivity index (χ3n) is 3.31. The fourth-order valence-electron chi connectivity index (χ4n) is 2.28. The lowest BCUT2D eigenvalue weighted by Gasteiger charge is -2.08. The predicted octanol–water partition coefficient (Wildman–Crippen LogP) is 2.47. The summed E-state index contributed by atoms with van der Waals surface area (Å²) >= 11 is 3.26. The molecule has 1 fully saturated rings. The number of anilines is 1. The molecule has 1 saturated heterocycles. The molecule has 2 aromatic rings. The van der Waals surface area contributed by atoms with Crippen LogP contribution in [0.25, 0.3) is 0 Å². The van der Waals surface area contributed by atoms with Crippen molar-refractivity contribution < 1.29 is 9.53 Å². The highest BCUT2D eigenvalue weighted by Gasteiger charge is 2.17. The van der Waals surface area contributed by atoms with Crippen molar-refractivity contribution in [2.45, 2.75) is 25.5 Å². The summed E-state index contributed by atoms with van der Waals surface area (Å²) in [7, 11) is 0. The van der Waals surface area contributed by atoms with Crippen molar-refractivity contribution in [3.8, 4) is 0 Å². The smallest absolute Gasteiger partial charge is 0.258 e. The molecule has 7 heteroatoms. The first-order chi connectivity index (χ1) is 10.2. The van der Waals surface area contributed by atoms with Gasteiger partial charge in [-0.25, -0.2) is 4.98 Å². The Morgan fingerprint density at radius 1 is 1.57 bits per heavy atom. The first-order valence-electron chi connectivity index (χ1n) is 6.78. The summed E-state index contributed by atoms with van der Waals surface area (Å²) in [5.41, 5.74) is 1.15. The van der Waals surface area contributed by atoms with E-state index < -0.39 is 0 Å². The molecule has 0 bridgehead atoms. The van der Waals surface area contributed by atoms with Crippen molar-refractivity contribution in [3.05, 3.63) is 40.9 Å². The number of ether oxygens (including phenoxy) is 1. The Hall–Kier alpha value is -1.73. The van der Waals surface area contributed by atoms with Crippen LogP contribution < -0.4 is 5.32 Å². The van der Waals surface area contributed by atoms with Gasteiger partial charge in [-0.1, -0.05) is 0 Å². The van der Waals surface area contributed by atoms with Crippen LogP contribution in [0.15, 0.2) is 35.3 Å². The minimum absolute atomic E-state index is 0.216. The summed E-state index contributed by atoms with van der Waals surface area (Å²) in [6.07, 6.45) is 7.46. The minimum atomic E-state index is -0.216. The second-order valence-electron chi connectivity index (χ2n) is 4.88. The molecular weight excluding hydrogens is 336 g/mol. The molecule has 6 nitrogen and oxygen atoms in total. The first-order valence-corrected chi connectivity index (χ1v) is 7.57. The molecule has 1 atom stereocenters. The van der Waals surface area contributed by atoms with E-state index in [1.165, 1.54) is 0 Å². The molecule has 1 aliphatic rings. The van der Waals surface area contributed by atoms with E-state index in [0.717, 1.165) is 19.4 Å². The monoisotopic (exact) mass is 350 g/mol. The van der Waals surface area contributed by atoms with Crippen molar-refractivity contribution in [1.29, 1.82) is 0 Å². The van der Waals surface area contributed by atoms with Crippen molar-refractivity contribution in [2.24, 2.45) is 0 Å². The summed E-state index contributed by atoms with van der Waals surface area (Å²) in [5, 5.41) is 7.05. The summed E-state index contributed by atoms with van der Waals surface area (Å²) in [5.74, 6) is -0.216. The number of nitrogens with one attached hydrogen (secondary N) is 1. The van der Waals surface area contributed by atoms with Crippen molar-refractivity contribution in [2.75, 3.05) is 11.9 Å². The zero-order chi connectivity index (χ0) is 14.7. The zero-order valence-electron chi connectivity index (χ0n) is 11.3. The molecule has 1 N–H and O–H groups in total. The molecule has 3 rings (SSSR count). The van der Waals surface area contributed by atoms with Gasteiger partial charge in [-0.2, -0.15) is 5.10 Å². The van der Waals surface area contributed by atoms with Gasteiger partial charge >= 0.3 is 0 Å². The van der Waals surface area contributed by atoms with Crippen LogP contribution in [0, 0.1) is 0 Å². The lowest BCUT2D eigenvalue weighted by Crippen LogP contribution is -2.15. The topological polar surface area (TPSA) is 69.0 Å². The van der Waals surface area contributed by atoms with Crippen LogP contribution in [0.2, 0.25) is 0 Å². The number of hydrogen-bond acceptors (Lipinski definition) is 4. The number of pyridine rings is 1. The largest absolute Gasteiger partial charge is 0.376 e. The van der Waals surface area contributed by atoms with Crippen LogP contribution >= 0.6 is 15.9 Å². The predicted molar refractivity (Wildman–Crippen MR) is 81.1 cm³/mol. The van der Waals surface area contributed by atoms with Gasteiger partial charge in [0.2, 0.25) is 0 Å². The molecule has 0 radical (unpaired) electrons. The number of carbonyl (C=O) groups is 1. The average Bonchev–Trinajstić information content (AvgIpc) is 3.12. The number of rotatable bonds is 4. The zero-order valence-corrected chi connectivity index (χ0v) is 12.9. The number of halogens is 1. The Morgan fingerprint density at radius 2 is 2.48 bits per heavy atom. The maximum Gasteiger partial charge on any atom is 0.258 e. The molecule has 1 aliphatic heterocycles. The highest BCUT2D eigenvalue weighted by Crippen LogP contribution is 2.17. The van der Waals surface area contributed by atoms with Crippen LogP contribution in [0.4, 0.5) is 5.69 Å². The maximum atomic E-state index is 12.1.